The highest BCUT2D eigenvalue weighted by Gasteiger charge is 2.21. The van der Waals surface area contributed by atoms with E-state index in [1.807, 2.05) is 12.3 Å². The van der Waals surface area contributed by atoms with Crippen molar-refractivity contribution in [3.05, 3.63) is 18.5 Å². The normalized spacial score (nSPS) is 20.0. The minimum atomic E-state index is -0.377. The van der Waals surface area contributed by atoms with E-state index in [9.17, 15) is 9.59 Å². The van der Waals surface area contributed by atoms with Crippen LogP contribution in [0.15, 0.2) is 18.5 Å². The van der Waals surface area contributed by atoms with Crippen LogP contribution in [0.4, 0.5) is 0 Å². The molecule has 1 saturated heterocycles. The SMILES string of the molecule is O=C(CCn1cccn1)N[C@H]1CCCCNC1=O. The lowest BCUT2D eigenvalue weighted by atomic mass is 10.1. The van der Waals surface area contributed by atoms with Gasteiger partial charge in [0.2, 0.25) is 11.8 Å². The molecule has 2 rings (SSSR count). The zero-order valence-electron chi connectivity index (χ0n) is 10.3. The van der Waals surface area contributed by atoms with Crippen LogP contribution in [0.25, 0.3) is 0 Å². The van der Waals surface area contributed by atoms with Crippen LogP contribution in [0.3, 0.4) is 0 Å². The zero-order chi connectivity index (χ0) is 12.8. The Balaban J connectivity index is 1.77. The molecule has 1 atom stereocenters. The molecule has 1 fully saturated rings. The molecule has 1 aliphatic rings. The summed E-state index contributed by atoms with van der Waals surface area (Å²) in [6.45, 7) is 1.24. The van der Waals surface area contributed by atoms with Crippen molar-refractivity contribution in [2.45, 2.75) is 38.3 Å². The fourth-order valence-corrected chi connectivity index (χ4v) is 1.99. The molecule has 0 aliphatic carbocycles. The van der Waals surface area contributed by atoms with Gasteiger partial charge in [-0.25, -0.2) is 0 Å². The van der Waals surface area contributed by atoms with Crippen molar-refractivity contribution in [1.82, 2.24) is 20.4 Å². The first kappa shape index (κ1) is 12.6. The van der Waals surface area contributed by atoms with Crippen molar-refractivity contribution < 1.29 is 9.59 Å². The summed E-state index contributed by atoms with van der Waals surface area (Å²) in [6.07, 6.45) is 6.49. The van der Waals surface area contributed by atoms with Gasteiger partial charge in [-0.05, 0) is 25.3 Å². The second-order valence-electron chi connectivity index (χ2n) is 4.43. The standard InChI is InChI=1S/C12H18N4O2/c17-11(5-9-16-8-3-7-14-16)15-10-4-1-2-6-13-12(10)18/h3,7-8,10H,1-2,4-6,9H2,(H,13,18)(H,15,17)/t10-/m0/s1. The van der Waals surface area contributed by atoms with E-state index >= 15 is 0 Å². The lowest BCUT2D eigenvalue weighted by molar-refractivity contribution is -0.128. The third kappa shape index (κ3) is 3.58. The molecule has 6 nitrogen and oxygen atoms in total. The van der Waals surface area contributed by atoms with E-state index in [0.29, 0.717) is 19.5 Å². The van der Waals surface area contributed by atoms with E-state index in [-0.39, 0.29) is 17.9 Å². The summed E-state index contributed by atoms with van der Waals surface area (Å²) in [7, 11) is 0. The molecule has 6 heteroatoms. The number of nitrogens with zero attached hydrogens (tertiary/aromatic N) is 2. The third-order valence-electron chi connectivity index (χ3n) is 3.00. The van der Waals surface area contributed by atoms with E-state index in [1.54, 1.807) is 10.9 Å². The summed E-state index contributed by atoms with van der Waals surface area (Å²) in [5.74, 6) is -0.174. The molecule has 0 radical (unpaired) electrons. The number of nitrogens with one attached hydrogen (secondary N) is 2. The van der Waals surface area contributed by atoms with Crippen LogP contribution >= 0.6 is 0 Å². The lowest BCUT2D eigenvalue weighted by Gasteiger charge is -2.15. The summed E-state index contributed by atoms with van der Waals surface area (Å²) in [4.78, 5) is 23.4. The Kier molecular flexibility index (Phi) is 4.33. The van der Waals surface area contributed by atoms with Crippen LogP contribution in [0.1, 0.15) is 25.7 Å². The molecule has 18 heavy (non-hydrogen) atoms. The molecule has 0 aromatic carbocycles. The van der Waals surface area contributed by atoms with Crippen molar-refractivity contribution in [1.29, 1.82) is 0 Å². The fourth-order valence-electron chi connectivity index (χ4n) is 1.99. The van der Waals surface area contributed by atoms with Gasteiger partial charge >= 0.3 is 0 Å². The maximum absolute atomic E-state index is 11.7. The van der Waals surface area contributed by atoms with Gasteiger partial charge in [0.05, 0.1) is 0 Å². The van der Waals surface area contributed by atoms with Gasteiger partial charge in [-0.3, -0.25) is 14.3 Å². The molecular weight excluding hydrogens is 232 g/mol. The van der Waals surface area contributed by atoms with Crippen molar-refractivity contribution in [3.63, 3.8) is 0 Å². The van der Waals surface area contributed by atoms with Crippen LogP contribution in [0.2, 0.25) is 0 Å². The van der Waals surface area contributed by atoms with E-state index in [1.165, 1.54) is 0 Å². The predicted octanol–water partition coefficient (Wildman–Crippen LogP) is 0.0581. The summed E-state index contributed by atoms with van der Waals surface area (Å²) in [5.41, 5.74) is 0. The first-order valence-corrected chi connectivity index (χ1v) is 6.30. The summed E-state index contributed by atoms with van der Waals surface area (Å²) < 4.78 is 1.70. The second-order valence-corrected chi connectivity index (χ2v) is 4.43. The first-order chi connectivity index (χ1) is 8.75. The smallest absolute Gasteiger partial charge is 0.242 e. The van der Waals surface area contributed by atoms with Gasteiger partial charge in [-0.15, -0.1) is 0 Å². The Morgan fingerprint density at radius 2 is 2.44 bits per heavy atom. The molecule has 0 bridgehead atoms. The van der Waals surface area contributed by atoms with Gasteiger partial charge in [0.15, 0.2) is 0 Å². The second kappa shape index (κ2) is 6.18. The Labute approximate surface area is 106 Å². The van der Waals surface area contributed by atoms with Crippen LogP contribution in [0.5, 0.6) is 0 Å². The molecule has 98 valence electrons. The molecule has 0 saturated carbocycles. The Morgan fingerprint density at radius 3 is 3.22 bits per heavy atom. The number of hydrogen-bond acceptors (Lipinski definition) is 3. The number of amides is 2. The van der Waals surface area contributed by atoms with Gasteiger partial charge in [-0.2, -0.15) is 5.10 Å². The molecular formula is C12H18N4O2. The van der Waals surface area contributed by atoms with Crippen molar-refractivity contribution in [3.8, 4) is 0 Å². The van der Waals surface area contributed by atoms with Crippen LogP contribution < -0.4 is 10.6 Å². The van der Waals surface area contributed by atoms with Crippen LogP contribution in [-0.2, 0) is 16.1 Å². The molecule has 2 N–H and O–H groups in total. The van der Waals surface area contributed by atoms with Crippen LogP contribution in [-0.4, -0.2) is 34.2 Å². The molecule has 1 aliphatic heterocycles. The fraction of sp³-hybridized carbons (Fsp3) is 0.583. The van der Waals surface area contributed by atoms with Gasteiger partial charge in [-0.1, -0.05) is 0 Å². The highest BCUT2D eigenvalue weighted by atomic mass is 16.2. The Hall–Kier alpha value is -1.85. The number of carbonyl (C=O) groups excluding carboxylic acids is 2. The van der Waals surface area contributed by atoms with E-state index in [4.69, 9.17) is 0 Å². The molecule has 2 heterocycles. The van der Waals surface area contributed by atoms with Gasteiger partial charge < -0.3 is 10.6 Å². The Morgan fingerprint density at radius 1 is 1.56 bits per heavy atom. The molecule has 2 amide bonds. The largest absolute Gasteiger partial charge is 0.354 e. The average molecular weight is 250 g/mol. The van der Waals surface area contributed by atoms with Crippen molar-refractivity contribution >= 4 is 11.8 Å². The van der Waals surface area contributed by atoms with Crippen molar-refractivity contribution in [2.75, 3.05) is 6.54 Å². The molecule has 1 aromatic heterocycles. The highest BCUT2D eigenvalue weighted by molar-refractivity contribution is 5.87. The monoisotopic (exact) mass is 250 g/mol. The quantitative estimate of drug-likeness (QED) is 0.793. The number of aromatic nitrogens is 2. The lowest BCUT2D eigenvalue weighted by Crippen LogP contribution is -2.45. The molecule has 1 aromatic rings. The summed E-state index contributed by atoms with van der Waals surface area (Å²) in [5, 5.41) is 9.60. The predicted molar refractivity (Wildman–Crippen MR) is 65.6 cm³/mol. The average Bonchev–Trinajstić information content (AvgIpc) is 2.80. The van der Waals surface area contributed by atoms with Gasteiger partial charge in [0, 0.05) is 31.9 Å². The maximum atomic E-state index is 11.7. The number of rotatable bonds is 4. The van der Waals surface area contributed by atoms with Gasteiger partial charge in [0.1, 0.15) is 6.04 Å². The molecule has 0 unspecified atom stereocenters. The summed E-state index contributed by atoms with van der Waals surface area (Å²) in [6, 6.07) is 1.44. The first-order valence-electron chi connectivity index (χ1n) is 6.30. The highest BCUT2D eigenvalue weighted by Crippen LogP contribution is 2.05. The van der Waals surface area contributed by atoms with Crippen molar-refractivity contribution in [2.24, 2.45) is 0 Å². The number of aryl methyl sites for hydroxylation is 1. The number of carbonyl (C=O) groups is 2. The zero-order valence-corrected chi connectivity index (χ0v) is 10.3. The van der Waals surface area contributed by atoms with Crippen LogP contribution in [0, 0.1) is 0 Å². The molecule has 0 spiro atoms. The van der Waals surface area contributed by atoms with E-state index in [2.05, 4.69) is 15.7 Å². The van der Waals surface area contributed by atoms with Gasteiger partial charge in [0.25, 0.3) is 0 Å². The summed E-state index contributed by atoms with van der Waals surface area (Å²) >= 11 is 0. The van der Waals surface area contributed by atoms with E-state index < -0.39 is 0 Å². The minimum absolute atomic E-state index is 0.0695. The minimum Gasteiger partial charge on any atom is -0.354 e. The number of hydrogen-bond donors (Lipinski definition) is 2. The topological polar surface area (TPSA) is 76.0 Å². The Bertz CT molecular complexity index is 402. The third-order valence-corrected chi connectivity index (χ3v) is 3.00. The van der Waals surface area contributed by atoms with E-state index in [0.717, 1.165) is 19.3 Å². The maximum Gasteiger partial charge on any atom is 0.242 e.